The van der Waals surface area contributed by atoms with Gasteiger partial charge in [-0.2, -0.15) is 0 Å². The molecule has 1 aromatic carbocycles. The molecule has 0 aliphatic heterocycles. The molecule has 1 aromatic heterocycles. The topological polar surface area (TPSA) is 47.0 Å². The molecule has 0 bridgehead atoms. The van der Waals surface area contributed by atoms with Crippen molar-refractivity contribution in [3.8, 4) is 0 Å². The first-order chi connectivity index (χ1) is 12.3. The summed E-state index contributed by atoms with van der Waals surface area (Å²) in [5.74, 6) is 0. The van der Waals surface area contributed by atoms with Gasteiger partial charge in [0.1, 0.15) is 7.36 Å². The molecule has 6 nitrogen and oxygen atoms in total. The van der Waals surface area contributed by atoms with E-state index in [1.165, 1.54) is 0 Å². The summed E-state index contributed by atoms with van der Waals surface area (Å²) in [6.07, 6.45) is 3.59. The highest BCUT2D eigenvalue weighted by Gasteiger charge is 2.28. The smallest absolute Gasteiger partial charge is 0.198 e. The molecular weight excluding hydrogens is 363 g/mol. The van der Waals surface area contributed by atoms with Crippen LogP contribution in [0.2, 0.25) is 0 Å². The van der Waals surface area contributed by atoms with Crippen molar-refractivity contribution in [3.63, 3.8) is 0 Å². The Morgan fingerprint density at radius 1 is 0.923 bits per heavy atom. The Labute approximate surface area is 162 Å². The zero-order chi connectivity index (χ0) is 19.3. The maximum atomic E-state index is 5.58. The standard InChI is InChI=1S/C18H27N6PS/c1-22(2)16-9-7-15(8-10-16)20-18(26)21-25(23(3)4,24(5)6)17-11-13-19-14-12-17/h7-14H,1-6H3,(H,20,26). The molecule has 0 aliphatic carbocycles. The molecule has 0 fully saturated rings. The Balaban J connectivity index is 2.38. The van der Waals surface area contributed by atoms with Crippen molar-refractivity contribution in [1.29, 1.82) is 0 Å². The van der Waals surface area contributed by atoms with Crippen molar-refractivity contribution in [3.05, 3.63) is 48.8 Å². The number of hydrogen-bond donors (Lipinski definition) is 1. The molecule has 140 valence electrons. The van der Waals surface area contributed by atoms with Gasteiger partial charge < -0.3 is 10.2 Å². The number of aromatic nitrogens is 1. The molecule has 26 heavy (non-hydrogen) atoms. The fourth-order valence-corrected chi connectivity index (χ4v) is 6.13. The van der Waals surface area contributed by atoms with Crippen LogP contribution in [-0.4, -0.2) is 61.7 Å². The van der Waals surface area contributed by atoms with Crippen LogP contribution in [-0.2, 0) is 0 Å². The van der Waals surface area contributed by atoms with Crippen molar-refractivity contribution >= 4 is 41.4 Å². The van der Waals surface area contributed by atoms with E-state index in [4.69, 9.17) is 17.0 Å². The van der Waals surface area contributed by atoms with E-state index in [0.717, 1.165) is 16.7 Å². The van der Waals surface area contributed by atoms with Crippen molar-refractivity contribution in [2.24, 2.45) is 4.74 Å². The molecule has 0 radical (unpaired) electrons. The summed E-state index contributed by atoms with van der Waals surface area (Å²) < 4.78 is 9.26. The molecule has 2 rings (SSSR count). The largest absolute Gasteiger partial charge is 0.378 e. The lowest BCUT2D eigenvalue weighted by molar-refractivity contribution is 0.572. The van der Waals surface area contributed by atoms with Gasteiger partial charge in [0.05, 0.1) is 0 Å². The number of nitrogens with zero attached hydrogens (tertiary/aromatic N) is 5. The van der Waals surface area contributed by atoms with E-state index in [-0.39, 0.29) is 0 Å². The van der Waals surface area contributed by atoms with Crippen molar-refractivity contribution in [2.45, 2.75) is 0 Å². The molecule has 0 atom stereocenters. The molecular formula is C18H27N6PS. The van der Waals surface area contributed by atoms with Gasteiger partial charge in [-0.3, -0.25) is 14.3 Å². The number of nitrogens with one attached hydrogen (secondary N) is 1. The van der Waals surface area contributed by atoms with Gasteiger partial charge in [-0.1, -0.05) is 0 Å². The van der Waals surface area contributed by atoms with Crippen molar-refractivity contribution in [2.75, 3.05) is 52.5 Å². The van der Waals surface area contributed by atoms with Crippen LogP contribution in [0.1, 0.15) is 0 Å². The number of rotatable bonds is 5. The normalized spacial score (nSPS) is 11.5. The second-order valence-electron chi connectivity index (χ2n) is 6.44. The van der Waals surface area contributed by atoms with Crippen LogP contribution in [0.25, 0.3) is 0 Å². The minimum atomic E-state index is -2.17. The van der Waals surface area contributed by atoms with Crippen LogP contribution in [0, 0.1) is 0 Å². The van der Waals surface area contributed by atoms with Crippen molar-refractivity contribution in [1.82, 2.24) is 14.3 Å². The highest BCUT2D eigenvalue weighted by Crippen LogP contribution is 2.52. The monoisotopic (exact) mass is 390 g/mol. The minimum Gasteiger partial charge on any atom is -0.378 e. The molecule has 0 saturated carbocycles. The Hall–Kier alpha value is -1.79. The molecule has 0 saturated heterocycles. The van der Waals surface area contributed by atoms with Gasteiger partial charge in [-0.05, 0) is 76.8 Å². The zero-order valence-electron chi connectivity index (χ0n) is 16.2. The maximum absolute atomic E-state index is 5.58. The van der Waals surface area contributed by atoms with Crippen LogP contribution in [0.3, 0.4) is 0 Å². The third-order valence-corrected chi connectivity index (χ3v) is 8.02. The van der Waals surface area contributed by atoms with E-state index in [0.29, 0.717) is 5.11 Å². The summed E-state index contributed by atoms with van der Waals surface area (Å²) in [7, 11) is 10.0. The van der Waals surface area contributed by atoms with Gasteiger partial charge in [0.15, 0.2) is 5.11 Å². The van der Waals surface area contributed by atoms with E-state index in [1.54, 1.807) is 12.4 Å². The summed E-state index contributed by atoms with van der Waals surface area (Å²) in [4.78, 5) is 6.19. The summed E-state index contributed by atoms with van der Waals surface area (Å²) in [5.41, 5.74) is 2.06. The highest BCUT2D eigenvalue weighted by molar-refractivity contribution is 7.81. The lowest BCUT2D eigenvalue weighted by Crippen LogP contribution is -2.30. The second-order valence-corrected chi connectivity index (χ2v) is 10.3. The van der Waals surface area contributed by atoms with E-state index >= 15 is 0 Å². The average molecular weight is 390 g/mol. The molecule has 8 heteroatoms. The predicted octanol–water partition coefficient (Wildman–Crippen LogP) is 3.32. The van der Waals surface area contributed by atoms with Crippen LogP contribution in [0.5, 0.6) is 0 Å². The number of pyridine rings is 1. The molecule has 2 aromatic rings. The lowest BCUT2D eigenvalue weighted by Gasteiger charge is -2.36. The SMILES string of the molecule is CN(C)c1ccc(NC(=S)N=P(c2ccncc2)(N(C)C)N(C)C)cc1. The van der Waals surface area contributed by atoms with Gasteiger partial charge in [0.25, 0.3) is 0 Å². The Morgan fingerprint density at radius 2 is 1.46 bits per heavy atom. The van der Waals surface area contributed by atoms with Gasteiger partial charge >= 0.3 is 0 Å². The lowest BCUT2D eigenvalue weighted by atomic mass is 10.2. The van der Waals surface area contributed by atoms with E-state index in [1.807, 2.05) is 78.7 Å². The van der Waals surface area contributed by atoms with Crippen LogP contribution < -0.4 is 15.5 Å². The second kappa shape index (κ2) is 8.73. The number of hydrogen-bond acceptors (Lipinski definition) is 3. The number of anilines is 2. The van der Waals surface area contributed by atoms with Crippen molar-refractivity contribution < 1.29 is 0 Å². The average Bonchev–Trinajstić information content (AvgIpc) is 2.60. The first kappa shape index (κ1) is 20.5. The summed E-state index contributed by atoms with van der Waals surface area (Å²) in [5, 5.41) is 4.82. The van der Waals surface area contributed by atoms with Gasteiger partial charge in [-0.15, -0.1) is 0 Å². The molecule has 0 aliphatic rings. The number of thiocarbonyl (C=S) groups is 1. The molecule has 0 unspecified atom stereocenters. The quantitative estimate of drug-likeness (QED) is 0.624. The maximum Gasteiger partial charge on any atom is 0.198 e. The molecule has 0 spiro atoms. The Bertz CT molecular complexity index is 775. The minimum absolute atomic E-state index is 0.468. The number of benzene rings is 1. The highest BCUT2D eigenvalue weighted by atomic mass is 32.1. The Kier molecular flexibility index (Phi) is 6.89. The van der Waals surface area contributed by atoms with E-state index in [2.05, 4.69) is 24.5 Å². The molecule has 1 N–H and O–H groups in total. The van der Waals surface area contributed by atoms with Gasteiger partial charge in [0.2, 0.25) is 0 Å². The first-order valence-electron chi connectivity index (χ1n) is 8.24. The van der Waals surface area contributed by atoms with Crippen LogP contribution >= 0.6 is 19.6 Å². The fourth-order valence-electron chi connectivity index (χ4n) is 2.72. The first-order valence-corrected chi connectivity index (χ1v) is 10.3. The van der Waals surface area contributed by atoms with E-state index in [9.17, 15) is 0 Å². The fraction of sp³-hybridized carbons (Fsp3) is 0.333. The Morgan fingerprint density at radius 3 is 1.92 bits per heavy atom. The summed E-state index contributed by atoms with van der Waals surface area (Å²) in [6.45, 7) is 0. The third-order valence-electron chi connectivity index (χ3n) is 3.99. The summed E-state index contributed by atoms with van der Waals surface area (Å²) in [6, 6.07) is 12.1. The zero-order valence-corrected chi connectivity index (χ0v) is 17.9. The molecule has 1 heterocycles. The van der Waals surface area contributed by atoms with E-state index < -0.39 is 7.36 Å². The van der Waals surface area contributed by atoms with Gasteiger partial charge in [0, 0.05) is 43.2 Å². The van der Waals surface area contributed by atoms with Crippen LogP contribution in [0.4, 0.5) is 11.4 Å². The van der Waals surface area contributed by atoms with Crippen LogP contribution in [0.15, 0.2) is 53.5 Å². The summed E-state index contributed by atoms with van der Waals surface area (Å²) >= 11 is 5.58. The third kappa shape index (κ3) is 4.48. The molecule has 0 amide bonds. The van der Waals surface area contributed by atoms with Gasteiger partial charge in [-0.25, -0.2) is 4.74 Å². The predicted molar refractivity (Wildman–Crippen MR) is 118 cm³/mol.